The minimum absolute atomic E-state index is 0.651. The smallest absolute Gasteiger partial charge is 0.0992 e. The maximum Gasteiger partial charge on any atom is 0.0992 e. The van der Waals surface area contributed by atoms with Crippen LogP contribution in [-0.2, 0) is 0 Å². The van der Waals surface area contributed by atoms with E-state index in [1.807, 2.05) is 24.3 Å². The van der Waals surface area contributed by atoms with Gasteiger partial charge in [-0.25, -0.2) is 4.98 Å². The van der Waals surface area contributed by atoms with E-state index in [2.05, 4.69) is 138 Å². The monoisotopic (exact) mass is 571 g/mol. The summed E-state index contributed by atoms with van der Waals surface area (Å²) in [5.74, 6) is 0. The molecule has 7 aromatic carbocycles. The number of para-hydroxylation sites is 2. The maximum absolute atomic E-state index is 9.72. The first kappa shape index (κ1) is 25.3. The fourth-order valence-corrected chi connectivity index (χ4v) is 7.02. The summed E-state index contributed by atoms with van der Waals surface area (Å²) >= 11 is 0. The molecule has 3 nitrogen and oxygen atoms in total. The van der Waals surface area contributed by atoms with Crippen molar-refractivity contribution in [3.8, 4) is 34.1 Å². The molecule has 0 aliphatic rings. The Kier molecular flexibility index (Phi) is 5.57. The third-order valence-corrected chi connectivity index (χ3v) is 8.99. The van der Waals surface area contributed by atoms with Gasteiger partial charge in [-0.15, -0.1) is 0 Å². The van der Waals surface area contributed by atoms with Crippen LogP contribution in [0.4, 0.5) is 0 Å². The van der Waals surface area contributed by atoms with Crippen LogP contribution >= 0.6 is 0 Å². The van der Waals surface area contributed by atoms with Crippen molar-refractivity contribution >= 4 is 54.3 Å². The zero-order chi connectivity index (χ0) is 29.9. The second-order valence-electron chi connectivity index (χ2n) is 11.5. The topological polar surface area (TPSA) is 41.6 Å². The van der Waals surface area contributed by atoms with E-state index in [1.165, 1.54) is 27.1 Å². The van der Waals surface area contributed by atoms with E-state index in [-0.39, 0.29) is 0 Å². The maximum atomic E-state index is 9.72. The van der Waals surface area contributed by atoms with E-state index in [4.69, 9.17) is 4.98 Å². The van der Waals surface area contributed by atoms with E-state index in [1.54, 1.807) is 0 Å². The summed E-state index contributed by atoms with van der Waals surface area (Å²) in [7, 11) is 0. The number of fused-ring (bicyclic) bond motifs is 6. The van der Waals surface area contributed by atoms with Gasteiger partial charge in [-0.2, -0.15) is 5.26 Å². The lowest BCUT2D eigenvalue weighted by atomic mass is 9.87. The highest BCUT2D eigenvalue weighted by molar-refractivity contribution is 6.22. The van der Waals surface area contributed by atoms with Crippen molar-refractivity contribution in [3.05, 3.63) is 157 Å². The Bertz CT molecular complexity index is 2600. The third-order valence-electron chi connectivity index (χ3n) is 8.99. The van der Waals surface area contributed by atoms with Crippen LogP contribution in [-0.4, -0.2) is 9.55 Å². The van der Waals surface area contributed by atoms with Crippen molar-refractivity contribution in [1.82, 2.24) is 9.55 Å². The molecule has 0 saturated carbocycles. The lowest BCUT2D eigenvalue weighted by molar-refractivity contribution is 1.18. The average molecular weight is 572 g/mol. The molecular weight excluding hydrogens is 546 g/mol. The van der Waals surface area contributed by atoms with Crippen molar-refractivity contribution in [2.45, 2.75) is 0 Å². The lowest BCUT2D eigenvalue weighted by Gasteiger charge is -2.18. The molecule has 9 rings (SSSR count). The molecule has 208 valence electrons. The summed E-state index contributed by atoms with van der Waals surface area (Å²) in [6, 6.07) is 55.5. The second kappa shape index (κ2) is 9.91. The number of hydrogen-bond acceptors (Lipinski definition) is 2. The molecule has 0 saturated heterocycles. The number of pyridine rings is 1. The van der Waals surface area contributed by atoms with Crippen molar-refractivity contribution in [1.29, 1.82) is 5.26 Å². The van der Waals surface area contributed by atoms with Gasteiger partial charge in [-0.3, -0.25) is 0 Å². The molecule has 0 radical (unpaired) electrons. The Morgan fingerprint density at radius 3 is 1.80 bits per heavy atom. The van der Waals surface area contributed by atoms with Crippen molar-refractivity contribution < 1.29 is 0 Å². The molecule has 0 fully saturated rings. The zero-order valence-electron chi connectivity index (χ0n) is 24.3. The van der Waals surface area contributed by atoms with Gasteiger partial charge in [0.2, 0.25) is 0 Å². The SMILES string of the molecule is N#Cc1ccc2c3ccc(-c4c5ccccc5c(-c5ccc6ccccc6n5)c5ccccc45)cc3n(-c3ccccc3)c2c1. The number of nitriles is 1. The predicted octanol–water partition coefficient (Wildman–Crippen LogP) is 10.8. The highest BCUT2D eigenvalue weighted by atomic mass is 15.0. The molecule has 9 aromatic rings. The Balaban J connectivity index is 1.38. The highest BCUT2D eigenvalue weighted by Crippen LogP contribution is 2.44. The number of nitrogens with zero attached hydrogens (tertiary/aromatic N) is 3. The van der Waals surface area contributed by atoms with E-state index in [0.29, 0.717) is 5.56 Å². The Hall–Kier alpha value is -6.24. The molecule has 45 heavy (non-hydrogen) atoms. The van der Waals surface area contributed by atoms with Gasteiger partial charge in [0.05, 0.1) is 33.9 Å². The van der Waals surface area contributed by atoms with Gasteiger partial charge in [-0.1, -0.05) is 109 Å². The van der Waals surface area contributed by atoms with E-state index < -0.39 is 0 Å². The average Bonchev–Trinajstić information content (AvgIpc) is 3.43. The van der Waals surface area contributed by atoms with Crippen LogP contribution in [0.25, 0.3) is 82.3 Å². The van der Waals surface area contributed by atoms with Crippen LogP contribution in [0.2, 0.25) is 0 Å². The molecule has 0 N–H and O–H groups in total. The fraction of sp³-hybridized carbons (Fsp3) is 0. The molecule has 2 aromatic heterocycles. The summed E-state index contributed by atoms with van der Waals surface area (Å²) in [5, 5.41) is 17.9. The predicted molar refractivity (Wildman–Crippen MR) is 187 cm³/mol. The summed E-state index contributed by atoms with van der Waals surface area (Å²) in [6.45, 7) is 0. The summed E-state index contributed by atoms with van der Waals surface area (Å²) in [4.78, 5) is 5.15. The largest absolute Gasteiger partial charge is 0.309 e. The number of rotatable bonds is 3. The minimum atomic E-state index is 0.651. The number of hydrogen-bond donors (Lipinski definition) is 0. The van der Waals surface area contributed by atoms with Gasteiger partial charge in [-0.05, 0) is 75.1 Å². The Labute approximate surface area is 259 Å². The van der Waals surface area contributed by atoms with Crippen LogP contribution in [0.5, 0.6) is 0 Å². The zero-order valence-corrected chi connectivity index (χ0v) is 24.3. The highest BCUT2D eigenvalue weighted by Gasteiger charge is 2.19. The van der Waals surface area contributed by atoms with E-state index >= 15 is 0 Å². The van der Waals surface area contributed by atoms with Crippen LogP contribution < -0.4 is 0 Å². The minimum Gasteiger partial charge on any atom is -0.309 e. The standard InChI is InChI=1S/C42H25N3/c43-26-27-18-21-31-32-22-19-29(25-40(32)45(39(31)24-27)30-11-2-1-3-12-30)41-33-13-5-7-15-35(33)42(36-16-8-6-14-34(36)41)38-23-20-28-10-4-9-17-37(28)44-38/h1-25H. The summed E-state index contributed by atoms with van der Waals surface area (Å²) < 4.78 is 2.28. The van der Waals surface area contributed by atoms with E-state index in [0.717, 1.165) is 55.2 Å². The molecule has 0 spiro atoms. The van der Waals surface area contributed by atoms with Gasteiger partial charge < -0.3 is 4.57 Å². The van der Waals surface area contributed by atoms with Crippen LogP contribution in [0, 0.1) is 11.3 Å². The molecule has 2 heterocycles. The molecule has 0 amide bonds. The van der Waals surface area contributed by atoms with Crippen molar-refractivity contribution in [2.24, 2.45) is 0 Å². The van der Waals surface area contributed by atoms with Crippen LogP contribution in [0.15, 0.2) is 152 Å². The Morgan fingerprint density at radius 2 is 1.09 bits per heavy atom. The second-order valence-corrected chi connectivity index (χ2v) is 11.5. The van der Waals surface area contributed by atoms with Gasteiger partial charge >= 0.3 is 0 Å². The number of aromatic nitrogens is 2. The molecule has 0 aliphatic heterocycles. The number of benzene rings is 7. The molecule has 0 atom stereocenters. The van der Waals surface area contributed by atoms with Crippen molar-refractivity contribution in [3.63, 3.8) is 0 Å². The first-order valence-corrected chi connectivity index (χ1v) is 15.1. The molecule has 0 aliphatic carbocycles. The van der Waals surface area contributed by atoms with Gasteiger partial charge in [0, 0.05) is 27.4 Å². The van der Waals surface area contributed by atoms with Crippen LogP contribution in [0.1, 0.15) is 5.56 Å². The first-order valence-electron chi connectivity index (χ1n) is 15.1. The normalized spacial score (nSPS) is 11.5. The molecule has 3 heteroatoms. The first-order chi connectivity index (χ1) is 22.3. The van der Waals surface area contributed by atoms with Gasteiger partial charge in [0.1, 0.15) is 0 Å². The van der Waals surface area contributed by atoms with E-state index in [9.17, 15) is 5.26 Å². The quantitative estimate of drug-likeness (QED) is 0.198. The van der Waals surface area contributed by atoms with Crippen molar-refractivity contribution in [2.75, 3.05) is 0 Å². The summed E-state index contributed by atoms with van der Waals surface area (Å²) in [5.41, 5.74) is 9.32. The molecular formula is C42H25N3. The molecule has 0 bridgehead atoms. The Morgan fingerprint density at radius 1 is 0.489 bits per heavy atom. The van der Waals surface area contributed by atoms with Gasteiger partial charge in [0.15, 0.2) is 0 Å². The fourth-order valence-electron chi connectivity index (χ4n) is 7.02. The van der Waals surface area contributed by atoms with Gasteiger partial charge in [0.25, 0.3) is 0 Å². The molecule has 0 unspecified atom stereocenters. The summed E-state index contributed by atoms with van der Waals surface area (Å²) in [6.07, 6.45) is 0. The third kappa shape index (κ3) is 3.87. The lowest BCUT2D eigenvalue weighted by Crippen LogP contribution is -1.95. The van der Waals surface area contributed by atoms with Crippen LogP contribution in [0.3, 0.4) is 0 Å².